The predicted molar refractivity (Wildman–Crippen MR) is 76.2 cm³/mol. The van der Waals surface area contributed by atoms with E-state index in [4.69, 9.17) is 4.74 Å². The van der Waals surface area contributed by atoms with Crippen LogP contribution in [0.2, 0.25) is 0 Å². The van der Waals surface area contributed by atoms with E-state index in [1.54, 1.807) is 25.3 Å². The highest BCUT2D eigenvalue weighted by Gasteiger charge is 2.24. The maximum Gasteiger partial charge on any atom is 0.175 e. The standard InChI is InChI=1S/C14H21NO3S/c1-18-14-9-4-3-8-13(14)15-11-6-5-7-12(10-11)19(2,16)17/h5-7,10,13-15H,3-4,8-9H2,1-2H3. The Bertz CT molecular complexity index is 527. The van der Waals surface area contributed by atoms with Crippen LogP contribution in [0.15, 0.2) is 29.2 Å². The molecule has 0 aromatic heterocycles. The van der Waals surface area contributed by atoms with Crippen LogP contribution in [0.25, 0.3) is 0 Å². The molecule has 1 saturated carbocycles. The van der Waals surface area contributed by atoms with Crippen LogP contribution < -0.4 is 5.32 Å². The van der Waals surface area contributed by atoms with Crippen LogP contribution in [0.5, 0.6) is 0 Å². The Balaban J connectivity index is 2.14. The fourth-order valence-electron chi connectivity index (χ4n) is 2.57. The Labute approximate surface area is 115 Å². The van der Waals surface area contributed by atoms with Gasteiger partial charge in [-0.05, 0) is 31.0 Å². The first-order valence-electron chi connectivity index (χ1n) is 6.60. The first kappa shape index (κ1) is 14.3. The van der Waals surface area contributed by atoms with Gasteiger partial charge in [-0.15, -0.1) is 0 Å². The first-order chi connectivity index (χ1) is 9.00. The Hall–Kier alpha value is -1.07. The van der Waals surface area contributed by atoms with Crippen molar-refractivity contribution < 1.29 is 13.2 Å². The molecule has 0 radical (unpaired) electrons. The lowest BCUT2D eigenvalue weighted by Gasteiger charge is -2.31. The van der Waals surface area contributed by atoms with Gasteiger partial charge in [0.25, 0.3) is 0 Å². The summed E-state index contributed by atoms with van der Waals surface area (Å²) in [4.78, 5) is 0.349. The van der Waals surface area contributed by atoms with Gasteiger partial charge in [0.15, 0.2) is 9.84 Å². The lowest BCUT2D eigenvalue weighted by Crippen LogP contribution is -2.37. The van der Waals surface area contributed by atoms with Gasteiger partial charge in [-0.3, -0.25) is 0 Å². The van der Waals surface area contributed by atoms with Gasteiger partial charge >= 0.3 is 0 Å². The van der Waals surface area contributed by atoms with Crippen molar-refractivity contribution in [2.24, 2.45) is 0 Å². The van der Waals surface area contributed by atoms with Crippen molar-refractivity contribution in [2.45, 2.75) is 42.7 Å². The third-order valence-electron chi connectivity index (χ3n) is 3.62. The molecule has 2 rings (SSSR count). The average Bonchev–Trinajstić information content (AvgIpc) is 2.39. The van der Waals surface area contributed by atoms with E-state index in [1.807, 2.05) is 6.07 Å². The van der Waals surface area contributed by atoms with Gasteiger partial charge in [0.2, 0.25) is 0 Å². The fourth-order valence-corrected chi connectivity index (χ4v) is 3.24. The number of hydrogen-bond donors (Lipinski definition) is 1. The molecule has 1 N–H and O–H groups in total. The molecule has 106 valence electrons. The molecule has 0 amide bonds. The van der Waals surface area contributed by atoms with Crippen molar-refractivity contribution in [3.63, 3.8) is 0 Å². The summed E-state index contributed by atoms with van der Waals surface area (Å²) in [7, 11) is -1.42. The number of nitrogens with one attached hydrogen (secondary N) is 1. The summed E-state index contributed by atoms with van der Waals surface area (Å²) in [5.74, 6) is 0. The third kappa shape index (κ3) is 3.70. The highest BCUT2D eigenvalue weighted by atomic mass is 32.2. The molecule has 1 aromatic carbocycles. The van der Waals surface area contributed by atoms with Gasteiger partial charge < -0.3 is 10.1 Å². The van der Waals surface area contributed by atoms with Gasteiger partial charge in [-0.1, -0.05) is 18.9 Å². The van der Waals surface area contributed by atoms with E-state index in [0.29, 0.717) is 4.90 Å². The normalized spacial score (nSPS) is 24.1. The second kappa shape index (κ2) is 5.92. The minimum absolute atomic E-state index is 0.204. The maximum atomic E-state index is 11.5. The van der Waals surface area contributed by atoms with Gasteiger partial charge in [-0.25, -0.2) is 8.42 Å². The van der Waals surface area contributed by atoms with Gasteiger partial charge in [0, 0.05) is 19.1 Å². The number of sulfone groups is 1. The summed E-state index contributed by atoms with van der Waals surface area (Å²) >= 11 is 0. The quantitative estimate of drug-likeness (QED) is 0.922. The van der Waals surface area contributed by atoms with Crippen LogP contribution in [0.1, 0.15) is 25.7 Å². The van der Waals surface area contributed by atoms with Crippen LogP contribution in [-0.4, -0.2) is 33.9 Å². The summed E-state index contributed by atoms with van der Waals surface area (Å²) in [6, 6.07) is 7.24. The SMILES string of the molecule is COC1CCCCC1Nc1cccc(S(C)(=O)=O)c1. The topological polar surface area (TPSA) is 55.4 Å². The first-order valence-corrected chi connectivity index (χ1v) is 8.49. The monoisotopic (exact) mass is 283 g/mol. The molecule has 0 aliphatic heterocycles. The second-order valence-electron chi connectivity index (χ2n) is 5.11. The van der Waals surface area contributed by atoms with E-state index in [2.05, 4.69) is 5.32 Å². The molecule has 19 heavy (non-hydrogen) atoms. The van der Waals surface area contributed by atoms with Gasteiger partial charge in [0.05, 0.1) is 17.0 Å². The lowest BCUT2D eigenvalue weighted by molar-refractivity contribution is 0.0606. The zero-order valence-corrected chi connectivity index (χ0v) is 12.2. The van der Waals surface area contributed by atoms with Crippen LogP contribution in [0, 0.1) is 0 Å². The van der Waals surface area contributed by atoms with E-state index < -0.39 is 9.84 Å². The van der Waals surface area contributed by atoms with Crippen molar-refractivity contribution in [1.82, 2.24) is 0 Å². The van der Waals surface area contributed by atoms with Crippen molar-refractivity contribution in [2.75, 3.05) is 18.7 Å². The molecule has 0 heterocycles. The van der Waals surface area contributed by atoms with E-state index in [0.717, 1.165) is 18.5 Å². The Kier molecular flexibility index (Phi) is 4.47. The van der Waals surface area contributed by atoms with E-state index >= 15 is 0 Å². The Morgan fingerprint density at radius 1 is 1.26 bits per heavy atom. The molecule has 4 nitrogen and oxygen atoms in total. The van der Waals surface area contributed by atoms with Crippen molar-refractivity contribution in [3.8, 4) is 0 Å². The van der Waals surface area contributed by atoms with Crippen molar-refractivity contribution >= 4 is 15.5 Å². The highest BCUT2D eigenvalue weighted by molar-refractivity contribution is 7.90. The molecule has 2 unspecified atom stereocenters. The van der Waals surface area contributed by atoms with Crippen LogP contribution in [-0.2, 0) is 14.6 Å². The van der Waals surface area contributed by atoms with E-state index in [1.165, 1.54) is 19.1 Å². The van der Waals surface area contributed by atoms with Gasteiger partial charge in [0.1, 0.15) is 0 Å². The van der Waals surface area contributed by atoms with E-state index in [-0.39, 0.29) is 12.1 Å². The lowest BCUT2D eigenvalue weighted by atomic mass is 9.92. The predicted octanol–water partition coefficient (Wildman–Crippen LogP) is 2.46. The van der Waals surface area contributed by atoms with E-state index in [9.17, 15) is 8.42 Å². The maximum absolute atomic E-state index is 11.5. The zero-order valence-electron chi connectivity index (χ0n) is 11.4. The molecule has 2 atom stereocenters. The summed E-state index contributed by atoms with van der Waals surface area (Å²) in [6.07, 6.45) is 5.92. The minimum atomic E-state index is -3.16. The Morgan fingerprint density at radius 3 is 2.68 bits per heavy atom. The molecular weight excluding hydrogens is 262 g/mol. The van der Waals surface area contributed by atoms with Crippen molar-refractivity contribution in [3.05, 3.63) is 24.3 Å². The smallest absolute Gasteiger partial charge is 0.175 e. The van der Waals surface area contributed by atoms with Crippen molar-refractivity contribution in [1.29, 1.82) is 0 Å². The number of anilines is 1. The number of hydrogen-bond acceptors (Lipinski definition) is 4. The molecule has 0 saturated heterocycles. The number of benzene rings is 1. The second-order valence-corrected chi connectivity index (χ2v) is 7.13. The molecule has 1 fully saturated rings. The summed E-state index contributed by atoms with van der Waals surface area (Å²) < 4.78 is 28.6. The molecule has 5 heteroatoms. The molecule has 1 aliphatic rings. The van der Waals surface area contributed by atoms with Crippen LogP contribution in [0.4, 0.5) is 5.69 Å². The highest BCUT2D eigenvalue weighted by Crippen LogP contribution is 2.25. The van der Waals surface area contributed by atoms with Crippen LogP contribution >= 0.6 is 0 Å². The summed E-state index contributed by atoms with van der Waals surface area (Å²) in [5, 5.41) is 3.40. The van der Waals surface area contributed by atoms with Gasteiger partial charge in [-0.2, -0.15) is 0 Å². The Morgan fingerprint density at radius 2 is 2.00 bits per heavy atom. The molecule has 1 aliphatic carbocycles. The molecular formula is C14H21NO3S. The number of ether oxygens (including phenoxy) is 1. The fraction of sp³-hybridized carbons (Fsp3) is 0.571. The average molecular weight is 283 g/mol. The number of methoxy groups -OCH3 is 1. The van der Waals surface area contributed by atoms with Crippen LogP contribution in [0.3, 0.4) is 0 Å². The zero-order chi connectivity index (χ0) is 13.9. The molecule has 0 bridgehead atoms. The third-order valence-corrected chi connectivity index (χ3v) is 4.73. The molecule has 1 aromatic rings. The number of rotatable bonds is 4. The largest absolute Gasteiger partial charge is 0.380 e. The minimum Gasteiger partial charge on any atom is -0.380 e. The summed E-state index contributed by atoms with van der Waals surface area (Å²) in [5.41, 5.74) is 0.844. The summed E-state index contributed by atoms with van der Waals surface area (Å²) in [6.45, 7) is 0. The molecule has 0 spiro atoms.